The Kier molecular flexibility index (Phi) is 7.77. The largest absolute Gasteiger partial charge is 0.357 e. The number of nitrogens with one attached hydrogen (secondary N) is 1. The summed E-state index contributed by atoms with van der Waals surface area (Å²) in [6.07, 6.45) is 6.15. The number of rotatable bonds is 7. The topological polar surface area (TPSA) is 69.0 Å². The lowest BCUT2D eigenvalue weighted by atomic mass is 10.2. The minimum Gasteiger partial charge on any atom is -0.357 e. The van der Waals surface area contributed by atoms with Gasteiger partial charge in [-0.15, -0.1) is 0 Å². The van der Waals surface area contributed by atoms with Crippen LogP contribution in [0.3, 0.4) is 0 Å². The number of imidazole rings is 1. The van der Waals surface area contributed by atoms with E-state index in [2.05, 4.69) is 55.9 Å². The minimum atomic E-state index is 0.279. The quantitative estimate of drug-likeness (QED) is 0.527. The van der Waals surface area contributed by atoms with Gasteiger partial charge >= 0.3 is 0 Å². The second-order valence-electron chi connectivity index (χ2n) is 8.48. The zero-order valence-electron chi connectivity index (χ0n) is 19.1. The Morgan fingerprint density at radius 1 is 1.03 bits per heavy atom. The van der Waals surface area contributed by atoms with E-state index in [4.69, 9.17) is 4.99 Å². The SMILES string of the molecule is CCNC(=NCc1nccn1Cc1ccccc1)N1CCN(CC(=O)N2CCCC2)CC1. The van der Waals surface area contributed by atoms with Crippen molar-refractivity contribution in [3.63, 3.8) is 0 Å². The summed E-state index contributed by atoms with van der Waals surface area (Å²) in [4.78, 5) is 28.4. The fraction of sp³-hybridized carbons (Fsp3) is 0.542. The number of amides is 1. The van der Waals surface area contributed by atoms with Crippen molar-refractivity contribution in [2.45, 2.75) is 32.9 Å². The van der Waals surface area contributed by atoms with Crippen LogP contribution in [0.2, 0.25) is 0 Å². The van der Waals surface area contributed by atoms with Crippen molar-refractivity contribution in [1.29, 1.82) is 0 Å². The van der Waals surface area contributed by atoms with Gasteiger partial charge in [-0.25, -0.2) is 9.98 Å². The van der Waals surface area contributed by atoms with Crippen molar-refractivity contribution in [1.82, 2.24) is 29.6 Å². The predicted octanol–water partition coefficient (Wildman–Crippen LogP) is 1.64. The summed E-state index contributed by atoms with van der Waals surface area (Å²) in [5, 5.41) is 3.43. The van der Waals surface area contributed by atoms with Gasteiger partial charge in [0.05, 0.1) is 6.54 Å². The average Bonchev–Trinajstić information content (AvgIpc) is 3.51. The molecular formula is C24H35N7O. The van der Waals surface area contributed by atoms with Crippen molar-refractivity contribution in [2.24, 2.45) is 4.99 Å². The summed E-state index contributed by atoms with van der Waals surface area (Å²) in [5.74, 6) is 2.16. The first kappa shape index (κ1) is 22.3. The summed E-state index contributed by atoms with van der Waals surface area (Å²) in [6, 6.07) is 10.4. The highest BCUT2D eigenvalue weighted by molar-refractivity contribution is 5.80. The molecule has 0 saturated carbocycles. The van der Waals surface area contributed by atoms with Crippen LogP contribution in [0.15, 0.2) is 47.7 Å². The third-order valence-electron chi connectivity index (χ3n) is 6.19. The van der Waals surface area contributed by atoms with Gasteiger partial charge in [-0.1, -0.05) is 30.3 Å². The second-order valence-corrected chi connectivity index (χ2v) is 8.48. The Morgan fingerprint density at radius 3 is 2.50 bits per heavy atom. The molecule has 2 aliphatic heterocycles. The number of piperazine rings is 1. The van der Waals surface area contributed by atoms with Gasteiger partial charge in [-0.2, -0.15) is 0 Å². The number of hydrogen-bond acceptors (Lipinski definition) is 4. The van der Waals surface area contributed by atoms with E-state index in [9.17, 15) is 4.79 Å². The fourth-order valence-electron chi connectivity index (χ4n) is 4.36. The van der Waals surface area contributed by atoms with Crippen LogP contribution in [0.5, 0.6) is 0 Å². The second kappa shape index (κ2) is 11.1. The molecule has 0 unspecified atom stereocenters. The number of carbonyl (C=O) groups is 1. The van der Waals surface area contributed by atoms with Crippen LogP contribution in [0.25, 0.3) is 0 Å². The van der Waals surface area contributed by atoms with Gasteiger partial charge in [0.1, 0.15) is 12.4 Å². The van der Waals surface area contributed by atoms with Crippen LogP contribution in [0.1, 0.15) is 31.2 Å². The molecule has 1 aromatic heterocycles. The summed E-state index contributed by atoms with van der Waals surface area (Å²) in [5.41, 5.74) is 1.25. The van der Waals surface area contributed by atoms with E-state index in [-0.39, 0.29) is 5.91 Å². The molecule has 1 amide bonds. The Hall–Kier alpha value is -2.87. The van der Waals surface area contributed by atoms with E-state index in [0.29, 0.717) is 13.1 Å². The zero-order chi connectivity index (χ0) is 22.2. The van der Waals surface area contributed by atoms with Gasteiger partial charge in [0.2, 0.25) is 5.91 Å². The molecule has 1 aromatic carbocycles. The third-order valence-corrected chi connectivity index (χ3v) is 6.19. The Balaban J connectivity index is 1.32. The van der Waals surface area contributed by atoms with Gasteiger partial charge in [-0.05, 0) is 25.3 Å². The number of aliphatic imine (C=N–C) groups is 1. The van der Waals surface area contributed by atoms with E-state index in [1.54, 1.807) is 0 Å². The minimum absolute atomic E-state index is 0.279. The van der Waals surface area contributed by atoms with Gasteiger partial charge in [0.15, 0.2) is 5.96 Å². The van der Waals surface area contributed by atoms with E-state index < -0.39 is 0 Å². The summed E-state index contributed by atoms with van der Waals surface area (Å²) >= 11 is 0. The Bertz CT molecular complexity index is 881. The van der Waals surface area contributed by atoms with E-state index >= 15 is 0 Å². The normalized spacial score (nSPS) is 17.7. The maximum absolute atomic E-state index is 12.5. The molecule has 32 heavy (non-hydrogen) atoms. The Morgan fingerprint density at radius 2 is 1.78 bits per heavy atom. The number of likely N-dealkylation sites (tertiary alicyclic amines) is 1. The molecule has 2 fully saturated rings. The highest BCUT2D eigenvalue weighted by Crippen LogP contribution is 2.10. The molecule has 0 bridgehead atoms. The van der Waals surface area contributed by atoms with Crippen LogP contribution >= 0.6 is 0 Å². The molecule has 172 valence electrons. The standard InChI is InChI=1S/C24H35N7O/c1-2-25-24(27-18-22-26-10-13-31(22)19-21-8-4-3-5-9-21)30-16-14-28(15-17-30)20-23(32)29-11-6-7-12-29/h3-5,8-10,13H,2,6-7,11-12,14-20H2,1H3,(H,25,27). The lowest BCUT2D eigenvalue weighted by Crippen LogP contribution is -2.54. The first-order valence-corrected chi connectivity index (χ1v) is 11.8. The molecule has 2 aliphatic rings. The number of carbonyl (C=O) groups excluding carboxylic acids is 1. The fourth-order valence-corrected chi connectivity index (χ4v) is 4.36. The maximum Gasteiger partial charge on any atom is 0.236 e. The summed E-state index contributed by atoms with van der Waals surface area (Å²) in [6.45, 7) is 10.2. The molecular weight excluding hydrogens is 402 g/mol. The van der Waals surface area contributed by atoms with Crippen molar-refractivity contribution < 1.29 is 4.79 Å². The van der Waals surface area contributed by atoms with Crippen molar-refractivity contribution >= 4 is 11.9 Å². The highest BCUT2D eigenvalue weighted by atomic mass is 16.2. The number of nitrogens with zero attached hydrogens (tertiary/aromatic N) is 6. The highest BCUT2D eigenvalue weighted by Gasteiger charge is 2.24. The van der Waals surface area contributed by atoms with E-state index in [1.165, 1.54) is 5.56 Å². The van der Waals surface area contributed by atoms with Gasteiger partial charge < -0.3 is 19.7 Å². The summed E-state index contributed by atoms with van der Waals surface area (Å²) < 4.78 is 2.16. The van der Waals surface area contributed by atoms with Crippen LogP contribution in [-0.4, -0.2) is 88.5 Å². The van der Waals surface area contributed by atoms with Gasteiger partial charge in [0, 0.05) is 64.8 Å². The van der Waals surface area contributed by atoms with Crippen LogP contribution in [-0.2, 0) is 17.9 Å². The van der Waals surface area contributed by atoms with Crippen molar-refractivity contribution in [3.05, 3.63) is 54.1 Å². The van der Waals surface area contributed by atoms with Crippen molar-refractivity contribution in [3.8, 4) is 0 Å². The lowest BCUT2D eigenvalue weighted by molar-refractivity contribution is -0.131. The number of hydrogen-bond donors (Lipinski definition) is 1. The first-order chi connectivity index (χ1) is 15.7. The van der Waals surface area contributed by atoms with Crippen LogP contribution in [0.4, 0.5) is 0 Å². The molecule has 0 aliphatic carbocycles. The van der Waals surface area contributed by atoms with Crippen LogP contribution in [0, 0.1) is 0 Å². The van der Waals surface area contributed by atoms with E-state index in [0.717, 1.165) is 77.0 Å². The smallest absolute Gasteiger partial charge is 0.236 e. The molecule has 8 heteroatoms. The maximum atomic E-state index is 12.5. The first-order valence-electron chi connectivity index (χ1n) is 11.8. The summed E-state index contributed by atoms with van der Waals surface area (Å²) in [7, 11) is 0. The molecule has 8 nitrogen and oxygen atoms in total. The van der Waals surface area contributed by atoms with Crippen molar-refractivity contribution in [2.75, 3.05) is 52.4 Å². The molecule has 2 aromatic rings. The predicted molar refractivity (Wildman–Crippen MR) is 126 cm³/mol. The van der Waals surface area contributed by atoms with Gasteiger partial charge in [0.25, 0.3) is 0 Å². The molecule has 0 atom stereocenters. The lowest BCUT2D eigenvalue weighted by Gasteiger charge is -2.36. The molecule has 0 radical (unpaired) electrons. The Labute approximate surface area is 190 Å². The number of aromatic nitrogens is 2. The monoisotopic (exact) mass is 437 g/mol. The molecule has 3 heterocycles. The number of benzene rings is 1. The molecule has 4 rings (SSSR count). The van der Waals surface area contributed by atoms with Gasteiger partial charge in [-0.3, -0.25) is 9.69 Å². The number of guanidine groups is 1. The average molecular weight is 438 g/mol. The van der Waals surface area contributed by atoms with E-state index in [1.807, 2.05) is 23.4 Å². The molecule has 1 N–H and O–H groups in total. The zero-order valence-corrected chi connectivity index (χ0v) is 19.1. The molecule has 2 saturated heterocycles. The van der Waals surface area contributed by atoms with Crippen LogP contribution < -0.4 is 5.32 Å². The third kappa shape index (κ3) is 5.88. The molecule has 0 spiro atoms.